The first kappa shape index (κ1) is 13.2. The molecule has 0 radical (unpaired) electrons. The number of hydrogen-bond acceptors (Lipinski definition) is 1. The zero-order chi connectivity index (χ0) is 12.2. The lowest BCUT2D eigenvalue weighted by Gasteiger charge is -2.19. The Hall–Kier alpha value is -0.820. The van der Waals surface area contributed by atoms with Crippen molar-refractivity contribution < 1.29 is 0 Å². The summed E-state index contributed by atoms with van der Waals surface area (Å²) in [6, 6.07) is 9.02. The van der Waals surface area contributed by atoms with Gasteiger partial charge in [0.1, 0.15) is 0 Å². The summed E-state index contributed by atoms with van der Waals surface area (Å²) in [4.78, 5) is 0. The van der Waals surface area contributed by atoms with Gasteiger partial charge >= 0.3 is 0 Å². The molecular formula is C15H25N. The molecule has 0 bridgehead atoms. The molecule has 0 aliphatic rings. The van der Waals surface area contributed by atoms with Gasteiger partial charge in [-0.3, -0.25) is 0 Å². The molecule has 16 heavy (non-hydrogen) atoms. The summed E-state index contributed by atoms with van der Waals surface area (Å²) >= 11 is 0. The molecule has 1 aromatic rings. The zero-order valence-electron chi connectivity index (χ0n) is 11.1. The molecule has 1 heteroatoms. The van der Waals surface area contributed by atoms with Crippen molar-refractivity contribution in [3.8, 4) is 0 Å². The fourth-order valence-electron chi connectivity index (χ4n) is 1.93. The summed E-state index contributed by atoms with van der Waals surface area (Å²) < 4.78 is 0. The molecular weight excluding hydrogens is 194 g/mol. The fraction of sp³-hybridized carbons (Fsp3) is 0.600. The van der Waals surface area contributed by atoms with Gasteiger partial charge in [0.2, 0.25) is 0 Å². The van der Waals surface area contributed by atoms with Crippen LogP contribution in [0.25, 0.3) is 0 Å². The molecule has 0 fully saturated rings. The van der Waals surface area contributed by atoms with E-state index >= 15 is 0 Å². The van der Waals surface area contributed by atoms with Crippen LogP contribution in [0.3, 0.4) is 0 Å². The molecule has 0 aliphatic heterocycles. The van der Waals surface area contributed by atoms with Gasteiger partial charge in [-0.2, -0.15) is 0 Å². The van der Waals surface area contributed by atoms with Crippen molar-refractivity contribution in [2.24, 2.45) is 11.7 Å². The molecule has 0 aliphatic carbocycles. The lowest BCUT2D eigenvalue weighted by molar-refractivity contribution is 0.538. The summed E-state index contributed by atoms with van der Waals surface area (Å²) in [6.07, 6.45) is 2.25. The van der Waals surface area contributed by atoms with Gasteiger partial charge in [-0.1, -0.05) is 52.0 Å². The molecule has 1 unspecified atom stereocenters. The van der Waals surface area contributed by atoms with Crippen LogP contribution in [0.1, 0.15) is 45.2 Å². The second kappa shape index (κ2) is 5.49. The predicted molar refractivity (Wildman–Crippen MR) is 71.7 cm³/mol. The maximum atomic E-state index is 5.56. The maximum Gasteiger partial charge on any atom is -0.00746 e. The van der Waals surface area contributed by atoms with Crippen molar-refractivity contribution in [3.05, 3.63) is 35.4 Å². The summed E-state index contributed by atoms with van der Waals surface area (Å²) in [5.74, 6) is 0.686. The summed E-state index contributed by atoms with van der Waals surface area (Å²) in [6.45, 7) is 9.81. The number of benzene rings is 1. The third kappa shape index (κ3) is 3.97. The highest BCUT2D eigenvalue weighted by Gasteiger charge is 2.13. The van der Waals surface area contributed by atoms with Gasteiger partial charge in [-0.15, -0.1) is 0 Å². The van der Waals surface area contributed by atoms with Gasteiger partial charge in [0.25, 0.3) is 0 Å². The topological polar surface area (TPSA) is 26.0 Å². The minimum atomic E-state index is 0.251. The molecule has 0 spiro atoms. The van der Waals surface area contributed by atoms with Gasteiger partial charge in [-0.05, 0) is 41.8 Å². The third-order valence-corrected chi connectivity index (χ3v) is 3.06. The normalized spacial score (nSPS) is 13.8. The molecule has 2 N–H and O–H groups in total. The molecule has 1 aromatic carbocycles. The van der Waals surface area contributed by atoms with E-state index in [2.05, 4.69) is 52.0 Å². The van der Waals surface area contributed by atoms with Crippen LogP contribution in [0, 0.1) is 5.92 Å². The van der Waals surface area contributed by atoms with E-state index in [1.54, 1.807) is 0 Å². The predicted octanol–water partition coefficient (Wildman–Crippen LogP) is 3.51. The van der Waals surface area contributed by atoms with Crippen LogP contribution in [0.2, 0.25) is 0 Å². The van der Waals surface area contributed by atoms with E-state index in [1.165, 1.54) is 11.1 Å². The smallest absolute Gasteiger partial charge is 0.00746 e. The second-order valence-electron chi connectivity index (χ2n) is 5.83. The average Bonchev–Trinajstić information content (AvgIpc) is 2.17. The summed E-state index contributed by atoms with van der Waals surface area (Å²) in [5.41, 5.74) is 8.65. The highest BCUT2D eigenvalue weighted by atomic mass is 14.5. The lowest BCUT2D eigenvalue weighted by atomic mass is 9.86. The Balaban J connectivity index is 2.65. The Morgan fingerprint density at radius 2 is 1.69 bits per heavy atom. The van der Waals surface area contributed by atoms with Crippen molar-refractivity contribution >= 4 is 0 Å². The van der Waals surface area contributed by atoms with Crippen molar-refractivity contribution in [1.82, 2.24) is 0 Å². The molecule has 0 heterocycles. The fourth-order valence-corrected chi connectivity index (χ4v) is 1.93. The Bertz CT molecular complexity index is 305. The van der Waals surface area contributed by atoms with E-state index in [4.69, 9.17) is 5.73 Å². The highest BCUT2D eigenvalue weighted by molar-refractivity contribution is 5.27. The Kier molecular flexibility index (Phi) is 4.55. The van der Waals surface area contributed by atoms with Gasteiger partial charge < -0.3 is 5.73 Å². The van der Waals surface area contributed by atoms with E-state index in [0.29, 0.717) is 5.92 Å². The Morgan fingerprint density at radius 3 is 2.12 bits per heavy atom. The lowest BCUT2D eigenvalue weighted by Crippen LogP contribution is -2.11. The van der Waals surface area contributed by atoms with E-state index in [-0.39, 0.29) is 5.41 Å². The van der Waals surface area contributed by atoms with Gasteiger partial charge in [0, 0.05) is 0 Å². The summed E-state index contributed by atoms with van der Waals surface area (Å²) in [7, 11) is 0. The quantitative estimate of drug-likeness (QED) is 0.824. The van der Waals surface area contributed by atoms with Crippen molar-refractivity contribution in [1.29, 1.82) is 0 Å². The van der Waals surface area contributed by atoms with Crippen LogP contribution >= 0.6 is 0 Å². The molecule has 1 atom stereocenters. The minimum Gasteiger partial charge on any atom is -0.330 e. The van der Waals surface area contributed by atoms with Crippen LogP contribution < -0.4 is 5.73 Å². The van der Waals surface area contributed by atoms with Crippen LogP contribution in [0.15, 0.2) is 24.3 Å². The van der Waals surface area contributed by atoms with Crippen LogP contribution in [-0.2, 0) is 11.8 Å². The van der Waals surface area contributed by atoms with Crippen LogP contribution in [0.5, 0.6) is 0 Å². The SMILES string of the molecule is CC(CCN)Cc1ccc(C(C)(C)C)cc1. The van der Waals surface area contributed by atoms with Crippen LogP contribution in [-0.4, -0.2) is 6.54 Å². The molecule has 0 saturated carbocycles. The third-order valence-electron chi connectivity index (χ3n) is 3.06. The van der Waals surface area contributed by atoms with Gasteiger partial charge in [0.05, 0.1) is 0 Å². The largest absolute Gasteiger partial charge is 0.330 e. The number of rotatable bonds is 4. The highest BCUT2D eigenvalue weighted by Crippen LogP contribution is 2.23. The second-order valence-corrected chi connectivity index (χ2v) is 5.83. The van der Waals surface area contributed by atoms with Gasteiger partial charge in [0.15, 0.2) is 0 Å². The first-order valence-corrected chi connectivity index (χ1v) is 6.23. The van der Waals surface area contributed by atoms with E-state index < -0.39 is 0 Å². The zero-order valence-corrected chi connectivity index (χ0v) is 11.1. The molecule has 0 saturated heterocycles. The maximum absolute atomic E-state index is 5.56. The van der Waals surface area contributed by atoms with E-state index in [0.717, 1.165) is 19.4 Å². The molecule has 90 valence electrons. The summed E-state index contributed by atoms with van der Waals surface area (Å²) in [5, 5.41) is 0. The van der Waals surface area contributed by atoms with Crippen molar-refractivity contribution in [2.75, 3.05) is 6.54 Å². The molecule has 0 aromatic heterocycles. The van der Waals surface area contributed by atoms with Gasteiger partial charge in [-0.25, -0.2) is 0 Å². The van der Waals surface area contributed by atoms with Crippen molar-refractivity contribution in [3.63, 3.8) is 0 Å². The molecule has 1 nitrogen and oxygen atoms in total. The van der Waals surface area contributed by atoms with E-state index in [9.17, 15) is 0 Å². The molecule has 1 rings (SSSR count). The first-order valence-electron chi connectivity index (χ1n) is 6.23. The minimum absolute atomic E-state index is 0.251. The van der Waals surface area contributed by atoms with Crippen LogP contribution in [0.4, 0.5) is 0 Å². The Morgan fingerprint density at radius 1 is 1.12 bits per heavy atom. The van der Waals surface area contributed by atoms with E-state index in [1.807, 2.05) is 0 Å². The number of hydrogen-bond donors (Lipinski definition) is 1. The monoisotopic (exact) mass is 219 g/mol. The Labute approximate surface area is 100 Å². The first-order chi connectivity index (χ1) is 7.43. The average molecular weight is 219 g/mol. The molecule has 0 amide bonds. The van der Waals surface area contributed by atoms with Crippen molar-refractivity contribution in [2.45, 2.75) is 46.0 Å². The number of nitrogens with two attached hydrogens (primary N) is 1. The standard InChI is InChI=1S/C15H25N/c1-12(9-10-16)11-13-5-7-14(8-6-13)15(2,3)4/h5-8,12H,9-11,16H2,1-4H3.